The number of non-ortho nitro benzene ring substituents is 1. The number of piperidine rings is 1. The first kappa shape index (κ1) is 23.3. The van der Waals surface area contributed by atoms with Crippen LogP contribution in [0.4, 0.5) is 5.69 Å². The quantitative estimate of drug-likeness (QED) is 0.247. The molecule has 30 heavy (non-hydrogen) atoms. The standard InChI is InChI=1S/C22H28N2O6/c25-20(16-17-9-11-19(12-10-17)24(29)30)14-13-18-6-5-7-21(26)23(18)15-4-2-1-3-8-22(27)28/h2,4,9-14,18,20,25H,1,3,5-8,15-16H2,(H,27,28)/t18-,20?/m1/s1. The van der Waals surface area contributed by atoms with E-state index in [-0.39, 0.29) is 24.1 Å². The Morgan fingerprint density at radius 2 is 2.03 bits per heavy atom. The minimum Gasteiger partial charge on any atom is -0.481 e. The summed E-state index contributed by atoms with van der Waals surface area (Å²) in [6.45, 7) is 0.458. The van der Waals surface area contributed by atoms with Crippen molar-refractivity contribution in [1.29, 1.82) is 0 Å². The number of aliphatic hydroxyl groups excluding tert-OH is 1. The number of likely N-dealkylation sites (tertiary alicyclic amines) is 1. The first-order valence-corrected chi connectivity index (χ1v) is 10.1. The second-order valence-electron chi connectivity index (χ2n) is 7.34. The number of nitro benzene ring substituents is 1. The molecule has 1 aliphatic rings. The lowest BCUT2D eigenvalue weighted by Crippen LogP contribution is -2.42. The molecule has 8 heteroatoms. The van der Waals surface area contributed by atoms with Crippen molar-refractivity contribution in [1.82, 2.24) is 4.90 Å². The molecule has 1 heterocycles. The Morgan fingerprint density at radius 1 is 1.30 bits per heavy atom. The summed E-state index contributed by atoms with van der Waals surface area (Å²) < 4.78 is 0. The molecule has 0 saturated carbocycles. The Kier molecular flexibility index (Phi) is 9.21. The number of nitro groups is 1. The van der Waals surface area contributed by atoms with Gasteiger partial charge < -0.3 is 15.1 Å². The lowest BCUT2D eigenvalue weighted by atomic mass is 9.99. The van der Waals surface area contributed by atoms with E-state index in [4.69, 9.17) is 5.11 Å². The molecule has 2 N–H and O–H groups in total. The third-order valence-corrected chi connectivity index (χ3v) is 4.99. The van der Waals surface area contributed by atoms with Crippen molar-refractivity contribution in [2.24, 2.45) is 0 Å². The average Bonchev–Trinajstić information content (AvgIpc) is 2.70. The highest BCUT2D eigenvalue weighted by atomic mass is 16.6. The van der Waals surface area contributed by atoms with E-state index < -0.39 is 17.0 Å². The van der Waals surface area contributed by atoms with Crippen molar-refractivity contribution < 1.29 is 24.7 Å². The van der Waals surface area contributed by atoms with E-state index in [0.717, 1.165) is 18.4 Å². The number of hydrogen-bond donors (Lipinski definition) is 2. The third kappa shape index (κ3) is 7.79. The molecule has 1 aromatic carbocycles. The fourth-order valence-corrected chi connectivity index (χ4v) is 3.38. The number of amides is 1. The summed E-state index contributed by atoms with van der Waals surface area (Å²) in [7, 11) is 0. The molecule has 2 rings (SSSR count). The van der Waals surface area contributed by atoms with Crippen LogP contribution in [0.1, 0.15) is 44.1 Å². The highest BCUT2D eigenvalue weighted by Gasteiger charge is 2.25. The maximum atomic E-state index is 12.3. The maximum Gasteiger partial charge on any atom is 0.303 e. The highest BCUT2D eigenvalue weighted by molar-refractivity contribution is 5.77. The van der Waals surface area contributed by atoms with Crippen LogP contribution < -0.4 is 0 Å². The molecule has 1 aliphatic heterocycles. The summed E-state index contributed by atoms with van der Waals surface area (Å²) in [4.78, 5) is 34.8. The van der Waals surface area contributed by atoms with Gasteiger partial charge >= 0.3 is 5.97 Å². The number of carbonyl (C=O) groups is 2. The normalized spacial score (nSPS) is 18.2. The smallest absolute Gasteiger partial charge is 0.303 e. The van der Waals surface area contributed by atoms with Gasteiger partial charge in [0, 0.05) is 37.9 Å². The Labute approximate surface area is 175 Å². The lowest BCUT2D eigenvalue weighted by Gasteiger charge is -2.33. The molecule has 0 radical (unpaired) electrons. The molecule has 0 spiro atoms. The number of hydrogen-bond acceptors (Lipinski definition) is 5. The van der Waals surface area contributed by atoms with E-state index in [9.17, 15) is 24.8 Å². The van der Waals surface area contributed by atoms with Gasteiger partial charge in [-0.05, 0) is 31.2 Å². The molecular weight excluding hydrogens is 388 g/mol. The Hall–Kier alpha value is -3.00. The molecule has 1 aromatic rings. The molecule has 1 saturated heterocycles. The lowest BCUT2D eigenvalue weighted by molar-refractivity contribution is -0.384. The number of rotatable bonds is 11. The SMILES string of the molecule is O=C(O)CCCC=CCN1C(=O)CCC[C@@H]1C=CC(O)Cc1ccc([N+](=O)[O-])cc1. The summed E-state index contributed by atoms with van der Waals surface area (Å²) in [6, 6.07) is 5.98. The zero-order valence-electron chi connectivity index (χ0n) is 16.9. The summed E-state index contributed by atoms with van der Waals surface area (Å²) in [5, 5.41) is 29.6. The first-order chi connectivity index (χ1) is 14.4. The van der Waals surface area contributed by atoms with Gasteiger partial charge in [-0.1, -0.05) is 36.4 Å². The number of allylic oxidation sites excluding steroid dienone is 1. The number of carboxylic acid groups (broad SMARTS) is 1. The Morgan fingerprint density at radius 3 is 2.70 bits per heavy atom. The number of aliphatic carboxylic acids is 1. The predicted octanol–water partition coefficient (Wildman–Crippen LogP) is 3.25. The molecule has 0 bridgehead atoms. The summed E-state index contributed by atoms with van der Waals surface area (Å²) in [5.74, 6) is -0.747. The van der Waals surface area contributed by atoms with Gasteiger partial charge in [0.05, 0.1) is 17.1 Å². The fraction of sp³-hybridized carbons (Fsp3) is 0.455. The zero-order valence-corrected chi connectivity index (χ0v) is 16.9. The molecule has 8 nitrogen and oxygen atoms in total. The van der Waals surface area contributed by atoms with Crippen LogP contribution in [-0.4, -0.2) is 50.6 Å². The number of unbranched alkanes of at least 4 members (excludes halogenated alkanes) is 1. The van der Waals surface area contributed by atoms with Crippen LogP contribution in [0.25, 0.3) is 0 Å². The van der Waals surface area contributed by atoms with Crippen LogP contribution in [0, 0.1) is 10.1 Å². The van der Waals surface area contributed by atoms with Crippen molar-refractivity contribution in [3.63, 3.8) is 0 Å². The number of nitrogens with zero attached hydrogens (tertiary/aromatic N) is 2. The van der Waals surface area contributed by atoms with Gasteiger partial charge in [0.25, 0.3) is 5.69 Å². The van der Waals surface area contributed by atoms with Gasteiger partial charge in [-0.15, -0.1) is 0 Å². The maximum absolute atomic E-state index is 12.3. The predicted molar refractivity (Wildman–Crippen MR) is 112 cm³/mol. The third-order valence-electron chi connectivity index (χ3n) is 4.99. The van der Waals surface area contributed by atoms with E-state index in [1.807, 2.05) is 18.2 Å². The van der Waals surface area contributed by atoms with Crippen molar-refractivity contribution in [2.45, 2.75) is 57.1 Å². The first-order valence-electron chi connectivity index (χ1n) is 10.1. The van der Waals surface area contributed by atoms with E-state index in [0.29, 0.717) is 32.2 Å². The number of carboxylic acids is 1. The van der Waals surface area contributed by atoms with E-state index in [1.165, 1.54) is 12.1 Å². The van der Waals surface area contributed by atoms with Gasteiger partial charge in [-0.25, -0.2) is 0 Å². The van der Waals surface area contributed by atoms with Crippen LogP contribution in [0.5, 0.6) is 0 Å². The molecule has 0 aliphatic carbocycles. The molecule has 0 aromatic heterocycles. The van der Waals surface area contributed by atoms with Crippen LogP contribution in [0.15, 0.2) is 48.6 Å². The van der Waals surface area contributed by atoms with Crippen LogP contribution >= 0.6 is 0 Å². The molecular formula is C22H28N2O6. The van der Waals surface area contributed by atoms with E-state index in [1.54, 1.807) is 23.1 Å². The highest BCUT2D eigenvalue weighted by Crippen LogP contribution is 2.20. The van der Waals surface area contributed by atoms with Gasteiger partial charge in [-0.3, -0.25) is 19.7 Å². The Bertz CT molecular complexity index is 787. The molecule has 162 valence electrons. The molecule has 2 atom stereocenters. The van der Waals surface area contributed by atoms with Crippen LogP contribution in [0.2, 0.25) is 0 Å². The molecule has 1 unspecified atom stereocenters. The fourth-order valence-electron chi connectivity index (χ4n) is 3.38. The van der Waals surface area contributed by atoms with Gasteiger partial charge in [0.15, 0.2) is 0 Å². The second-order valence-corrected chi connectivity index (χ2v) is 7.34. The van der Waals surface area contributed by atoms with E-state index in [2.05, 4.69) is 0 Å². The minimum absolute atomic E-state index is 0.0103. The number of benzene rings is 1. The monoisotopic (exact) mass is 416 g/mol. The topological polar surface area (TPSA) is 121 Å². The van der Waals surface area contributed by atoms with Gasteiger partial charge in [-0.2, -0.15) is 0 Å². The molecule has 1 amide bonds. The summed E-state index contributed by atoms with van der Waals surface area (Å²) >= 11 is 0. The number of carbonyl (C=O) groups excluding carboxylic acids is 1. The zero-order chi connectivity index (χ0) is 21.9. The number of aliphatic hydroxyl groups is 1. The van der Waals surface area contributed by atoms with Crippen molar-refractivity contribution in [2.75, 3.05) is 6.54 Å². The Balaban J connectivity index is 1.88. The second kappa shape index (κ2) is 11.9. The van der Waals surface area contributed by atoms with Crippen LogP contribution in [0.3, 0.4) is 0 Å². The van der Waals surface area contributed by atoms with Gasteiger partial charge in [0.1, 0.15) is 0 Å². The van der Waals surface area contributed by atoms with Crippen LogP contribution in [-0.2, 0) is 16.0 Å². The molecule has 1 fully saturated rings. The average molecular weight is 416 g/mol. The largest absolute Gasteiger partial charge is 0.481 e. The van der Waals surface area contributed by atoms with E-state index >= 15 is 0 Å². The van der Waals surface area contributed by atoms with Crippen molar-refractivity contribution in [3.05, 3.63) is 64.2 Å². The van der Waals surface area contributed by atoms with Crippen molar-refractivity contribution in [3.8, 4) is 0 Å². The summed E-state index contributed by atoms with van der Waals surface area (Å²) in [6.07, 6.45) is 10.4. The van der Waals surface area contributed by atoms with Gasteiger partial charge in [0.2, 0.25) is 5.91 Å². The minimum atomic E-state index is -0.813. The van der Waals surface area contributed by atoms with Crippen molar-refractivity contribution >= 4 is 17.6 Å². The summed E-state index contributed by atoms with van der Waals surface area (Å²) in [5.41, 5.74) is 0.801.